The van der Waals surface area contributed by atoms with E-state index in [4.69, 9.17) is 16.2 Å². The molecule has 704 valence electrons. The molecule has 1 aliphatic heterocycles. The first-order valence-corrected chi connectivity index (χ1v) is 42.5. The number of ketones is 1. The molecule has 1 fully saturated rings. The van der Waals surface area contributed by atoms with E-state index in [0.717, 1.165) is 69.6 Å². The topological polar surface area (TPSA) is 688 Å². The monoisotopic (exact) mass is 1810 g/mol. The number of aliphatic hydroxyl groups is 1. The standard InChI is InChI=1S/C87H115N17O26/c1-5-6-7-8-9-10-14-28-68(108)96-60(37-53-43-91-57-26-18-16-23-54(53)57)82(124)100-61(39-67(89)107)83(125)98-59(33-34-71(111)112)80(122)104-76-49(4)130-87(129)64(38-66(106)55-24-15-17-25-56(55)88)102-86(128)75(47(2)36-72(113)114)103-84(126)65(46-105)97-70(110)44-92-78(120)62(40-73(115)116)99-77(119)48(3)94-81(123)63(41-74(117)118)101-79(121)58(95-69(109)45-93-85(76)127)27-19-20-35-90-42-50-29-31-52(32-30-50)51-21-12-11-13-22-51/h11-13,15-18,21-26,29-32,43,47-49,58-65,75-76,90-91,105H,5-10,14,19-20,27-28,33-42,44-46,88H2,1-4H3,(H2,89,107)(H,92,120)(H,93,127)(H,94,123)(H,95,109)(H,96,108)(H,97,110)(H,98,125)(H,99,119)(H,100,124)(H,101,121)(H,102,128)(H,103,126)(H,104,122)(H,111,112)(H,113,114)(H,115,116)(H,117,118)/t47?,48-,49-,58+,59+,60+,61+,62+,63+,64+,65-,75+,76+/m1/s1. The smallest absolute Gasteiger partial charge is 0.329 e. The summed E-state index contributed by atoms with van der Waals surface area (Å²) in [6.45, 7) is 2.04. The van der Waals surface area contributed by atoms with Gasteiger partial charge in [-0.25, -0.2) is 4.79 Å². The normalized spacial score (nSPS) is 20.1. The molecule has 14 amide bonds. The molecule has 4 aromatic carbocycles. The van der Waals surface area contributed by atoms with E-state index in [2.05, 4.69) is 75.7 Å². The number of anilines is 1. The van der Waals surface area contributed by atoms with Gasteiger partial charge in [-0.3, -0.25) is 91.1 Å². The number of carbonyl (C=O) groups excluding carboxylic acids is 16. The number of aliphatic hydroxyl groups excluding tert-OH is 1. The molecule has 0 bridgehead atoms. The summed E-state index contributed by atoms with van der Waals surface area (Å²) in [7, 11) is 0. The average Bonchev–Trinajstić information content (AvgIpc) is 1.50. The fourth-order valence-electron chi connectivity index (χ4n) is 13.8. The molecule has 2 heterocycles. The van der Waals surface area contributed by atoms with Crippen molar-refractivity contribution in [3.05, 3.63) is 126 Å². The van der Waals surface area contributed by atoms with Gasteiger partial charge in [-0.1, -0.05) is 137 Å². The number of Topliss-reactive ketones (excluding diaryl/α,β-unsaturated/α-hetero) is 1. The van der Waals surface area contributed by atoms with Crippen molar-refractivity contribution in [3.63, 3.8) is 0 Å². The number of aromatic nitrogens is 1. The number of para-hydroxylation sites is 2. The summed E-state index contributed by atoms with van der Waals surface area (Å²) in [6, 6.07) is 7.08. The number of cyclic esters (lactones) is 1. The molecular formula is C87H115N17O26. The lowest BCUT2D eigenvalue weighted by molar-refractivity contribution is -0.156. The summed E-state index contributed by atoms with van der Waals surface area (Å²) in [6.07, 6.45) is -2.20. The number of unbranched alkanes of at least 4 members (excludes halogenated alkanes) is 7. The maximum absolute atomic E-state index is 15.1. The van der Waals surface area contributed by atoms with Crippen molar-refractivity contribution in [2.45, 2.75) is 229 Å². The number of nitrogen functional groups attached to an aromatic ring is 1. The predicted molar refractivity (Wildman–Crippen MR) is 464 cm³/mol. The Morgan fingerprint density at radius 3 is 1.72 bits per heavy atom. The van der Waals surface area contributed by atoms with E-state index in [-0.39, 0.29) is 49.9 Å². The van der Waals surface area contributed by atoms with Crippen LogP contribution in [0, 0.1) is 5.92 Å². The van der Waals surface area contributed by atoms with Crippen LogP contribution in [-0.2, 0) is 109 Å². The van der Waals surface area contributed by atoms with Crippen LogP contribution in [0.3, 0.4) is 0 Å². The maximum Gasteiger partial charge on any atom is 0.329 e. The second-order valence-corrected chi connectivity index (χ2v) is 31.4. The van der Waals surface area contributed by atoms with Gasteiger partial charge in [-0.15, -0.1) is 0 Å². The number of aromatic amines is 1. The quantitative estimate of drug-likeness (QED) is 0.00931. The third-order valence-corrected chi connectivity index (χ3v) is 20.9. The van der Waals surface area contributed by atoms with Gasteiger partial charge in [0, 0.05) is 60.6 Å². The fraction of sp³-hybridized carbons (Fsp3) is 0.471. The lowest BCUT2D eigenvalue weighted by Gasteiger charge is -2.30. The Kier molecular flexibility index (Phi) is 42.9. The third-order valence-electron chi connectivity index (χ3n) is 20.9. The first-order valence-electron chi connectivity index (χ1n) is 42.5. The minimum Gasteiger partial charge on any atom is -0.481 e. The summed E-state index contributed by atoms with van der Waals surface area (Å²) < 4.78 is 5.80. The molecule has 1 aliphatic rings. The molecule has 0 aliphatic carbocycles. The Balaban J connectivity index is 1.42. The summed E-state index contributed by atoms with van der Waals surface area (Å²) >= 11 is 0. The lowest BCUT2D eigenvalue weighted by atomic mass is 9.96. The number of esters is 1. The first-order chi connectivity index (χ1) is 61.8. The van der Waals surface area contributed by atoms with Crippen LogP contribution in [0.5, 0.6) is 0 Å². The Morgan fingerprint density at radius 1 is 0.515 bits per heavy atom. The van der Waals surface area contributed by atoms with Crippen molar-refractivity contribution in [3.8, 4) is 11.1 Å². The largest absolute Gasteiger partial charge is 0.481 e. The summed E-state index contributed by atoms with van der Waals surface area (Å²) in [5.41, 5.74) is 15.4. The zero-order valence-corrected chi connectivity index (χ0v) is 72.3. The van der Waals surface area contributed by atoms with Crippen molar-refractivity contribution < 1.29 is 126 Å². The second kappa shape index (κ2) is 53.4. The van der Waals surface area contributed by atoms with E-state index in [1.807, 2.05) is 65.2 Å². The number of rotatable bonds is 41. The van der Waals surface area contributed by atoms with Gasteiger partial charge in [-0.05, 0) is 98.9 Å². The number of carboxylic acids is 4. The third kappa shape index (κ3) is 35.5. The summed E-state index contributed by atoms with van der Waals surface area (Å²) in [4.78, 5) is 281. The first kappa shape index (κ1) is 105. The number of hydrogen-bond acceptors (Lipinski definition) is 24. The number of nitrogens with two attached hydrogens (primary N) is 2. The number of carbonyl (C=O) groups is 20. The van der Waals surface area contributed by atoms with Crippen molar-refractivity contribution in [1.29, 1.82) is 0 Å². The van der Waals surface area contributed by atoms with Gasteiger partial charge in [0.15, 0.2) is 5.78 Å². The van der Waals surface area contributed by atoms with Gasteiger partial charge in [0.05, 0.1) is 45.4 Å². The van der Waals surface area contributed by atoms with Gasteiger partial charge < -0.3 is 121 Å². The van der Waals surface area contributed by atoms with Gasteiger partial charge in [0.1, 0.15) is 72.6 Å². The highest BCUT2D eigenvalue weighted by Crippen LogP contribution is 2.23. The van der Waals surface area contributed by atoms with Crippen LogP contribution in [-0.4, -0.2) is 248 Å². The van der Waals surface area contributed by atoms with Gasteiger partial charge in [0.2, 0.25) is 82.7 Å². The molecule has 43 heteroatoms. The van der Waals surface area contributed by atoms with E-state index in [0.29, 0.717) is 35.9 Å². The van der Waals surface area contributed by atoms with E-state index < -0.39 is 261 Å². The molecule has 43 nitrogen and oxygen atoms in total. The van der Waals surface area contributed by atoms with Gasteiger partial charge >= 0.3 is 29.8 Å². The van der Waals surface area contributed by atoms with Crippen molar-refractivity contribution in [2.24, 2.45) is 11.7 Å². The molecular weight excluding hydrogens is 1700 g/mol. The number of carboxylic acid groups (broad SMARTS) is 4. The predicted octanol–water partition coefficient (Wildman–Crippen LogP) is -1.34. The fourth-order valence-corrected chi connectivity index (χ4v) is 13.8. The minimum atomic E-state index is -2.41. The number of aliphatic carboxylic acids is 4. The second-order valence-electron chi connectivity index (χ2n) is 31.4. The zero-order chi connectivity index (χ0) is 95.7. The molecule has 130 heavy (non-hydrogen) atoms. The van der Waals surface area contributed by atoms with Crippen molar-refractivity contribution in [2.75, 3.05) is 32.0 Å². The van der Waals surface area contributed by atoms with Crippen LogP contribution >= 0.6 is 0 Å². The molecule has 6 rings (SSSR count). The number of benzene rings is 4. The Bertz CT molecular complexity index is 4840. The maximum atomic E-state index is 15.1. The van der Waals surface area contributed by atoms with E-state index in [9.17, 15) is 107 Å². The number of fused-ring (bicyclic) bond motifs is 1. The number of ether oxygens (including phenoxy) is 1. The Hall–Kier alpha value is -14.3. The minimum absolute atomic E-state index is 0.0130. The van der Waals surface area contributed by atoms with Crippen molar-refractivity contribution >= 4 is 135 Å². The van der Waals surface area contributed by atoms with Crippen LogP contribution in [0.15, 0.2) is 109 Å². The summed E-state index contributed by atoms with van der Waals surface area (Å²) in [5.74, 6) is -29.0. The van der Waals surface area contributed by atoms with Crippen LogP contribution < -0.4 is 85.9 Å². The zero-order valence-electron chi connectivity index (χ0n) is 72.3. The molecule has 1 aromatic heterocycles. The molecule has 24 N–H and O–H groups in total. The number of primary amides is 1. The number of H-pyrrole nitrogens is 1. The Morgan fingerprint density at radius 2 is 1.08 bits per heavy atom. The molecule has 0 saturated carbocycles. The highest BCUT2D eigenvalue weighted by atomic mass is 16.5. The molecule has 0 spiro atoms. The van der Waals surface area contributed by atoms with Gasteiger partial charge in [-0.2, -0.15) is 0 Å². The van der Waals surface area contributed by atoms with Crippen molar-refractivity contribution in [1.82, 2.24) is 79.4 Å². The highest BCUT2D eigenvalue weighted by Gasteiger charge is 2.41. The van der Waals surface area contributed by atoms with E-state index >= 15 is 14.4 Å². The SMILES string of the molecule is CCCCCCCCCC(=O)N[C@@H](Cc1c[nH]c2ccccc12)C(=O)N[C@@H](CC(N)=O)C(=O)N[C@@H](CCC(=O)O)C(=O)N[C@@H]1C(=O)NCC(=O)N[C@@H](CCCCNCc2ccc(-c3ccccc3)cc2)C(=O)N[C@@H](CC(=O)O)C(=O)N[C@H](C)C(=O)N[C@@H](CC(=O)O)C(=O)NCC(=O)N[C@H](CO)C(=O)N[C@@H](C(C)CC(=O)O)C(=O)N[C@@H](CC(=O)c2ccccc2N)C(=O)O[C@@H]1C. The molecule has 13 atom stereocenters. The van der Waals surface area contributed by atoms with E-state index in [1.165, 1.54) is 24.3 Å². The van der Waals surface area contributed by atoms with Crippen LogP contribution in [0.1, 0.15) is 165 Å². The number of amides is 14. The van der Waals surface area contributed by atoms with Gasteiger partial charge in [0.25, 0.3) is 0 Å². The molecule has 0 radical (unpaired) electrons. The average molecular weight is 1810 g/mol. The van der Waals surface area contributed by atoms with E-state index in [1.54, 1.807) is 30.5 Å². The molecule has 1 saturated heterocycles. The van der Waals surface area contributed by atoms with Crippen LogP contribution in [0.25, 0.3) is 22.0 Å². The number of nitrogens with one attached hydrogen (secondary N) is 15. The van der Waals surface area contributed by atoms with Crippen LogP contribution in [0.4, 0.5) is 5.69 Å². The van der Waals surface area contributed by atoms with Crippen LogP contribution in [0.2, 0.25) is 0 Å². The summed E-state index contributed by atoms with van der Waals surface area (Å²) in [5, 5.41) is 83.3. The Labute approximate surface area is 746 Å². The molecule has 5 aromatic rings. The number of hydrogen-bond donors (Lipinski definition) is 22. The molecule has 1 unspecified atom stereocenters. The highest BCUT2D eigenvalue weighted by molar-refractivity contribution is 6.05. The lowest BCUT2D eigenvalue weighted by Crippen LogP contribution is -2.61.